The molecule has 0 aromatic heterocycles. The van der Waals surface area contributed by atoms with Gasteiger partial charge in [0, 0.05) is 11.1 Å². The van der Waals surface area contributed by atoms with E-state index in [4.69, 9.17) is 4.74 Å². The summed E-state index contributed by atoms with van der Waals surface area (Å²) in [4.78, 5) is 36.4. The van der Waals surface area contributed by atoms with Crippen molar-refractivity contribution in [3.05, 3.63) is 65.7 Å². The maximum absolute atomic E-state index is 12.2. The lowest BCUT2D eigenvalue weighted by molar-refractivity contribution is -0.123. The summed E-state index contributed by atoms with van der Waals surface area (Å²) in [5.74, 6) is -0.654. The van der Waals surface area contributed by atoms with E-state index in [9.17, 15) is 14.4 Å². The summed E-state index contributed by atoms with van der Waals surface area (Å²) < 4.78 is 5.65. The Morgan fingerprint density at radius 2 is 1.50 bits per heavy atom. The van der Waals surface area contributed by atoms with Crippen molar-refractivity contribution in [2.24, 2.45) is 0 Å². The van der Waals surface area contributed by atoms with E-state index in [2.05, 4.69) is 23.1 Å². The van der Waals surface area contributed by atoms with Gasteiger partial charge in [-0.2, -0.15) is 0 Å². The number of carbonyl (C=O) groups excluding carboxylic acids is 3. The molecule has 0 heterocycles. The van der Waals surface area contributed by atoms with Gasteiger partial charge < -0.3 is 10.1 Å². The number of nitrogens with one attached hydrogen (secondary N) is 3. The quantitative estimate of drug-likeness (QED) is 0.413. The van der Waals surface area contributed by atoms with Crippen LogP contribution in [0.1, 0.15) is 60.2 Å². The predicted octanol–water partition coefficient (Wildman–Crippen LogP) is 3.23. The Hall–Kier alpha value is -3.35. The fourth-order valence-electron chi connectivity index (χ4n) is 2.66. The van der Waals surface area contributed by atoms with Gasteiger partial charge in [-0.25, -0.2) is 0 Å². The third-order valence-corrected chi connectivity index (χ3v) is 4.46. The molecule has 0 aliphatic carbocycles. The molecule has 0 unspecified atom stereocenters. The largest absolute Gasteiger partial charge is 0.494 e. The molecular formula is C23H29N3O4. The van der Waals surface area contributed by atoms with Gasteiger partial charge in [-0.15, -0.1) is 0 Å². The van der Waals surface area contributed by atoms with E-state index in [0.29, 0.717) is 23.5 Å². The van der Waals surface area contributed by atoms with E-state index in [0.717, 1.165) is 12.8 Å². The number of amides is 3. The van der Waals surface area contributed by atoms with E-state index in [1.807, 2.05) is 0 Å². The smallest absolute Gasteiger partial charge is 0.269 e. The maximum Gasteiger partial charge on any atom is 0.269 e. The molecule has 7 heteroatoms. The van der Waals surface area contributed by atoms with Crippen molar-refractivity contribution in [2.75, 3.05) is 6.61 Å². The van der Waals surface area contributed by atoms with Crippen LogP contribution in [0.2, 0.25) is 0 Å². The maximum atomic E-state index is 12.2. The van der Waals surface area contributed by atoms with Gasteiger partial charge >= 0.3 is 0 Å². The number of hydrazine groups is 1. The highest BCUT2D eigenvalue weighted by molar-refractivity contribution is 5.98. The molecule has 160 valence electrons. The minimum Gasteiger partial charge on any atom is -0.494 e. The molecule has 0 aliphatic rings. The van der Waals surface area contributed by atoms with Crippen LogP contribution in [0.3, 0.4) is 0 Å². The Morgan fingerprint density at radius 3 is 2.17 bits per heavy atom. The van der Waals surface area contributed by atoms with Gasteiger partial charge in [0.1, 0.15) is 11.8 Å². The van der Waals surface area contributed by atoms with Crippen LogP contribution < -0.4 is 20.9 Å². The van der Waals surface area contributed by atoms with Crippen LogP contribution >= 0.6 is 0 Å². The van der Waals surface area contributed by atoms with E-state index >= 15 is 0 Å². The van der Waals surface area contributed by atoms with Gasteiger partial charge in [0.25, 0.3) is 17.7 Å². The van der Waals surface area contributed by atoms with Crippen LogP contribution in [0.15, 0.2) is 54.6 Å². The third-order valence-electron chi connectivity index (χ3n) is 4.46. The first-order chi connectivity index (χ1) is 14.5. The van der Waals surface area contributed by atoms with Gasteiger partial charge in [0.2, 0.25) is 0 Å². The van der Waals surface area contributed by atoms with Gasteiger partial charge in [0.15, 0.2) is 0 Å². The Morgan fingerprint density at radius 1 is 0.833 bits per heavy atom. The van der Waals surface area contributed by atoms with Crippen molar-refractivity contribution >= 4 is 17.7 Å². The summed E-state index contributed by atoms with van der Waals surface area (Å²) in [5.41, 5.74) is 5.51. The monoisotopic (exact) mass is 411 g/mol. The highest BCUT2D eigenvalue weighted by Crippen LogP contribution is 2.13. The minimum atomic E-state index is -0.818. The number of benzene rings is 2. The van der Waals surface area contributed by atoms with Crippen LogP contribution in [0.4, 0.5) is 0 Å². The molecule has 0 radical (unpaired) electrons. The third kappa shape index (κ3) is 7.58. The Balaban J connectivity index is 1.74. The summed E-state index contributed by atoms with van der Waals surface area (Å²) in [6.45, 7) is 4.34. The van der Waals surface area contributed by atoms with Crippen molar-refractivity contribution in [1.29, 1.82) is 0 Å². The molecule has 30 heavy (non-hydrogen) atoms. The zero-order valence-corrected chi connectivity index (χ0v) is 17.4. The molecule has 0 bridgehead atoms. The van der Waals surface area contributed by atoms with Gasteiger partial charge in [-0.3, -0.25) is 25.2 Å². The van der Waals surface area contributed by atoms with E-state index in [1.54, 1.807) is 54.6 Å². The molecule has 2 aromatic rings. The summed E-state index contributed by atoms with van der Waals surface area (Å²) in [5, 5.41) is 2.58. The van der Waals surface area contributed by atoms with Gasteiger partial charge in [-0.1, -0.05) is 44.4 Å². The van der Waals surface area contributed by atoms with Crippen molar-refractivity contribution in [3.8, 4) is 5.75 Å². The van der Waals surface area contributed by atoms with Crippen LogP contribution in [0, 0.1) is 0 Å². The lowest BCUT2D eigenvalue weighted by Crippen LogP contribution is -2.51. The second kappa shape index (κ2) is 12.3. The molecular weight excluding hydrogens is 382 g/mol. The highest BCUT2D eigenvalue weighted by Gasteiger charge is 2.17. The first kappa shape index (κ1) is 22.9. The molecule has 0 spiro atoms. The van der Waals surface area contributed by atoms with Crippen LogP contribution in [0.5, 0.6) is 5.75 Å². The number of carbonyl (C=O) groups is 3. The standard InChI is InChI=1S/C23H29N3O4/c1-3-4-5-9-16-30-20-14-12-19(13-15-20)23(29)26-25-21(27)17(2)24-22(28)18-10-7-6-8-11-18/h6-8,10-15,17H,3-5,9,16H2,1-2H3,(H,24,28)(H,25,27)(H,26,29)/t17-/m0/s1. The van der Waals surface area contributed by atoms with Crippen LogP contribution in [-0.4, -0.2) is 30.4 Å². The molecule has 0 aliphatic heterocycles. The van der Waals surface area contributed by atoms with Crippen LogP contribution in [-0.2, 0) is 4.79 Å². The minimum absolute atomic E-state index is 0.366. The number of rotatable bonds is 10. The van der Waals surface area contributed by atoms with Crippen LogP contribution in [0.25, 0.3) is 0 Å². The van der Waals surface area contributed by atoms with E-state index in [-0.39, 0.29) is 5.91 Å². The SMILES string of the molecule is CCCCCCOc1ccc(C(=O)NNC(=O)[C@H](C)NC(=O)c2ccccc2)cc1. The fraction of sp³-hybridized carbons (Fsp3) is 0.348. The average Bonchev–Trinajstić information content (AvgIpc) is 2.78. The molecule has 3 N–H and O–H groups in total. The zero-order chi connectivity index (χ0) is 21.8. The van der Waals surface area contributed by atoms with Crippen molar-refractivity contribution in [1.82, 2.24) is 16.2 Å². The highest BCUT2D eigenvalue weighted by atomic mass is 16.5. The van der Waals surface area contributed by atoms with E-state index in [1.165, 1.54) is 19.8 Å². The topological polar surface area (TPSA) is 96.5 Å². The summed E-state index contributed by atoms with van der Waals surface area (Å²) >= 11 is 0. The predicted molar refractivity (Wildman–Crippen MR) is 115 cm³/mol. The van der Waals surface area contributed by atoms with Gasteiger partial charge in [-0.05, 0) is 49.7 Å². The summed E-state index contributed by atoms with van der Waals surface area (Å²) in [7, 11) is 0. The first-order valence-electron chi connectivity index (χ1n) is 10.2. The number of hydrogen-bond acceptors (Lipinski definition) is 4. The van der Waals surface area contributed by atoms with E-state index < -0.39 is 17.9 Å². The van der Waals surface area contributed by atoms with Crippen molar-refractivity contribution in [3.63, 3.8) is 0 Å². The zero-order valence-electron chi connectivity index (χ0n) is 17.4. The second-order valence-corrected chi connectivity index (χ2v) is 6.94. The molecule has 1 atom stereocenters. The summed E-state index contributed by atoms with van der Waals surface area (Å²) in [6, 6.07) is 14.5. The number of unbranched alkanes of at least 4 members (excludes halogenated alkanes) is 3. The molecule has 2 aromatic carbocycles. The fourth-order valence-corrected chi connectivity index (χ4v) is 2.66. The second-order valence-electron chi connectivity index (χ2n) is 6.94. The van der Waals surface area contributed by atoms with Gasteiger partial charge in [0.05, 0.1) is 6.61 Å². The van der Waals surface area contributed by atoms with Crippen molar-refractivity contribution < 1.29 is 19.1 Å². The Bertz CT molecular complexity index is 822. The molecule has 2 rings (SSSR count). The Kier molecular flexibility index (Phi) is 9.37. The Labute approximate surface area is 177 Å². The molecule has 0 fully saturated rings. The molecule has 0 saturated carbocycles. The first-order valence-corrected chi connectivity index (χ1v) is 10.2. The normalized spacial score (nSPS) is 11.3. The lowest BCUT2D eigenvalue weighted by atomic mass is 10.2. The number of hydrogen-bond donors (Lipinski definition) is 3. The lowest BCUT2D eigenvalue weighted by Gasteiger charge is -2.15. The number of ether oxygens (including phenoxy) is 1. The average molecular weight is 412 g/mol. The molecule has 0 saturated heterocycles. The molecule has 3 amide bonds. The van der Waals surface area contributed by atoms with Crippen molar-refractivity contribution in [2.45, 2.75) is 45.6 Å². The molecule has 7 nitrogen and oxygen atoms in total. The summed E-state index contributed by atoms with van der Waals surface area (Å²) in [6.07, 6.45) is 4.52.